The summed E-state index contributed by atoms with van der Waals surface area (Å²) in [6.07, 6.45) is 0. The molecule has 0 heterocycles. The fourth-order valence-electron chi connectivity index (χ4n) is 1.07. The fourth-order valence-corrected chi connectivity index (χ4v) is 1.07. The zero-order chi connectivity index (χ0) is 11.5. The molecule has 1 rings (SSSR count). The number of ether oxygens (including phenoxy) is 1. The Labute approximate surface area is 88.1 Å². The third-order valence-electron chi connectivity index (χ3n) is 1.77. The lowest BCUT2D eigenvalue weighted by Gasteiger charge is -2.19. The minimum Gasteiger partial charge on any atom is -0.490 e. The molecule has 1 aromatic carbocycles. The Kier molecular flexibility index (Phi) is 3.66. The number of rotatable bonds is 4. The molecule has 4 heteroatoms. The summed E-state index contributed by atoms with van der Waals surface area (Å²) in [4.78, 5) is 0. The molecule has 0 radical (unpaired) electrons. The Bertz CT molecular complexity index is 331. The number of halogens is 1. The van der Waals surface area contributed by atoms with Gasteiger partial charge in [0, 0.05) is 5.56 Å². The van der Waals surface area contributed by atoms with Crippen molar-refractivity contribution in [3.8, 4) is 5.75 Å². The van der Waals surface area contributed by atoms with Crippen LogP contribution in [-0.2, 0) is 6.61 Å². The number of aliphatic hydroxyl groups excluding tert-OH is 1. The largest absolute Gasteiger partial charge is 0.490 e. The van der Waals surface area contributed by atoms with E-state index in [1.165, 1.54) is 18.2 Å². The first kappa shape index (κ1) is 11.9. The Morgan fingerprint density at radius 2 is 2.07 bits per heavy atom. The Balaban J connectivity index is 2.76. The predicted molar refractivity (Wildman–Crippen MR) is 54.1 cm³/mol. The number of hydrogen-bond donors (Lipinski definition) is 2. The number of benzene rings is 1. The van der Waals surface area contributed by atoms with Crippen molar-refractivity contribution in [2.45, 2.75) is 26.1 Å². The molecule has 0 bridgehead atoms. The van der Waals surface area contributed by atoms with Gasteiger partial charge in [0.2, 0.25) is 0 Å². The van der Waals surface area contributed by atoms with E-state index in [0.717, 1.165) is 0 Å². The third kappa shape index (κ3) is 3.85. The van der Waals surface area contributed by atoms with Gasteiger partial charge in [0.25, 0.3) is 0 Å². The lowest BCUT2D eigenvalue weighted by molar-refractivity contribution is 0.0277. The molecule has 15 heavy (non-hydrogen) atoms. The maximum absolute atomic E-state index is 12.8. The summed E-state index contributed by atoms with van der Waals surface area (Å²) in [5.74, 6) is -0.0318. The minimum atomic E-state index is -0.957. The van der Waals surface area contributed by atoms with Crippen molar-refractivity contribution in [3.05, 3.63) is 29.6 Å². The van der Waals surface area contributed by atoms with E-state index in [1.807, 2.05) is 0 Å². The zero-order valence-electron chi connectivity index (χ0n) is 8.83. The van der Waals surface area contributed by atoms with Crippen molar-refractivity contribution in [2.24, 2.45) is 0 Å². The summed E-state index contributed by atoms with van der Waals surface area (Å²) in [6, 6.07) is 3.89. The van der Waals surface area contributed by atoms with E-state index in [9.17, 15) is 9.50 Å². The fraction of sp³-hybridized carbons (Fsp3) is 0.455. The van der Waals surface area contributed by atoms with Gasteiger partial charge in [0.15, 0.2) is 0 Å². The summed E-state index contributed by atoms with van der Waals surface area (Å²) < 4.78 is 18.1. The summed E-state index contributed by atoms with van der Waals surface area (Å²) >= 11 is 0. The molecule has 0 atom stereocenters. The quantitative estimate of drug-likeness (QED) is 0.798. The monoisotopic (exact) mass is 214 g/mol. The maximum Gasteiger partial charge on any atom is 0.125 e. The third-order valence-corrected chi connectivity index (χ3v) is 1.77. The lowest BCUT2D eigenvalue weighted by atomic mass is 10.1. The van der Waals surface area contributed by atoms with Crippen molar-refractivity contribution in [2.75, 3.05) is 6.61 Å². The predicted octanol–water partition coefficient (Wildman–Crippen LogP) is 1.47. The summed E-state index contributed by atoms with van der Waals surface area (Å²) in [6.45, 7) is 3.01. The van der Waals surface area contributed by atoms with Crippen molar-refractivity contribution < 1.29 is 19.3 Å². The molecule has 0 aliphatic rings. The molecule has 3 nitrogen and oxygen atoms in total. The zero-order valence-corrected chi connectivity index (χ0v) is 8.83. The summed E-state index contributed by atoms with van der Waals surface area (Å²) in [7, 11) is 0. The highest BCUT2D eigenvalue weighted by molar-refractivity contribution is 5.33. The molecule has 0 saturated heterocycles. The molecule has 0 fully saturated rings. The highest BCUT2D eigenvalue weighted by atomic mass is 19.1. The molecule has 0 aliphatic carbocycles. The minimum absolute atomic E-state index is 0.0889. The number of aliphatic hydroxyl groups is 2. The Morgan fingerprint density at radius 3 is 2.60 bits per heavy atom. The normalized spacial score (nSPS) is 11.5. The topological polar surface area (TPSA) is 49.7 Å². The number of hydrogen-bond acceptors (Lipinski definition) is 3. The van der Waals surface area contributed by atoms with Crippen LogP contribution < -0.4 is 4.74 Å². The van der Waals surface area contributed by atoms with Crippen LogP contribution in [0, 0.1) is 5.82 Å². The van der Waals surface area contributed by atoms with E-state index in [0.29, 0.717) is 11.3 Å². The molecule has 0 aromatic heterocycles. The first-order valence-electron chi connectivity index (χ1n) is 4.67. The van der Waals surface area contributed by atoms with Crippen LogP contribution in [0.5, 0.6) is 5.75 Å². The Hall–Kier alpha value is -1.13. The van der Waals surface area contributed by atoms with Crippen LogP contribution in [0.1, 0.15) is 19.4 Å². The van der Waals surface area contributed by atoms with Crippen LogP contribution in [-0.4, -0.2) is 22.4 Å². The van der Waals surface area contributed by atoms with Crippen LogP contribution in [0.15, 0.2) is 18.2 Å². The van der Waals surface area contributed by atoms with Gasteiger partial charge in [0.1, 0.15) is 18.2 Å². The highest BCUT2D eigenvalue weighted by Gasteiger charge is 2.14. The van der Waals surface area contributed by atoms with Gasteiger partial charge in [-0.1, -0.05) is 0 Å². The maximum atomic E-state index is 12.8. The molecule has 0 unspecified atom stereocenters. The summed E-state index contributed by atoms with van der Waals surface area (Å²) in [5, 5.41) is 18.4. The molecular weight excluding hydrogens is 199 g/mol. The van der Waals surface area contributed by atoms with E-state index < -0.39 is 11.4 Å². The molecule has 84 valence electrons. The van der Waals surface area contributed by atoms with E-state index >= 15 is 0 Å². The van der Waals surface area contributed by atoms with Gasteiger partial charge in [-0.25, -0.2) is 4.39 Å². The molecule has 1 aromatic rings. The second-order valence-electron chi connectivity index (χ2n) is 4.01. The van der Waals surface area contributed by atoms with E-state index in [1.54, 1.807) is 13.8 Å². The molecule has 0 saturated carbocycles. The van der Waals surface area contributed by atoms with E-state index in [4.69, 9.17) is 9.84 Å². The lowest BCUT2D eigenvalue weighted by Crippen LogP contribution is -2.28. The van der Waals surface area contributed by atoms with Crippen LogP contribution in [0.4, 0.5) is 4.39 Å². The van der Waals surface area contributed by atoms with Gasteiger partial charge in [-0.05, 0) is 32.0 Å². The average molecular weight is 214 g/mol. The van der Waals surface area contributed by atoms with Crippen LogP contribution in [0.25, 0.3) is 0 Å². The van der Waals surface area contributed by atoms with Crippen molar-refractivity contribution in [1.29, 1.82) is 0 Å². The van der Waals surface area contributed by atoms with Gasteiger partial charge < -0.3 is 14.9 Å². The van der Waals surface area contributed by atoms with Crippen molar-refractivity contribution in [1.82, 2.24) is 0 Å². The summed E-state index contributed by atoms with van der Waals surface area (Å²) in [5.41, 5.74) is -0.583. The molecule has 0 amide bonds. The Morgan fingerprint density at radius 1 is 1.40 bits per heavy atom. The van der Waals surface area contributed by atoms with Crippen LogP contribution in [0.2, 0.25) is 0 Å². The van der Waals surface area contributed by atoms with Crippen molar-refractivity contribution in [3.63, 3.8) is 0 Å². The average Bonchev–Trinajstić information content (AvgIpc) is 2.14. The SMILES string of the molecule is CC(C)(O)COc1ccc(F)cc1CO. The smallest absolute Gasteiger partial charge is 0.125 e. The first-order valence-corrected chi connectivity index (χ1v) is 4.67. The molecule has 2 N–H and O–H groups in total. The van der Waals surface area contributed by atoms with Crippen LogP contribution in [0.3, 0.4) is 0 Å². The van der Waals surface area contributed by atoms with E-state index in [2.05, 4.69) is 0 Å². The van der Waals surface area contributed by atoms with Gasteiger partial charge in [0.05, 0.1) is 12.2 Å². The van der Waals surface area contributed by atoms with Gasteiger partial charge in [-0.15, -0.1) is 0 Å². The van der Waals surface area contributed by atoms with Gasteiger partial charge in [-0.2, -0.15) is 0 Å². The molecule has 0 spiro atoms. The van der Waals surface area contributed by atoms with E-state index in [-0.39, 0.29) is 13.2 Å². The van der Waals surface area contributed by atoms with Gasteiger partial charge in [-0.3, -0.25) is 0 Å². The standard InChI is InChI=1S/C11H15FO3/c1-11(2,14)7-15-10-4-3-9(12)5-8(10)6-13/h3-5,13-14H,6-7H2,1-2H3. The van der Waals surface area contributed by atoms with Gasteiger partial charge >= 0.3 is 0 Å². The second kappa shape index (κ2) is 4.59. The second-order valence-corrected chi connectivity index (χ2v) is 4.01. The molecule has 0 aliphatic heterocycles. The van der Waals surface area contributed by atoms with Crippen LogP contribution >= 0.6 is 0 Å². The highest BCUT2D eigenvalue weighted by Crippen LogP contribution is 2.20. The first-order chi connectivity index (χ1) is 6.92. The molecular formula is C11H15FO3. The van der Waals surface area contributed by atoms with Crippen molar-refractivity contribution >= 4 is 0 Å².